The number of allylic oxidation sites excluding steroid dienone is 2. The number of aliphatic carboxylic acids is 2. The molecule has 1 heterocycles. The van der Waals surface area contributed by atoms with Gasteiger partial charge in [-0.05, 0) is 98.7 Å². The molecule has 260 valence electrons. The second kappa shape index (κ2) is 11.0. The molecule has 0 aromatic rings. The van der Waals surface area contributed by atoms with Crippen LogP contribution in [0.2, 0.25) is 0 Å². The van der Waals surface area contributed by atoms with E-state index < -0.39 is 70.4 Å². The quantitative estimate of drug-likeness (QED) is 0.171. The maximum atomic E-state index is 13.0. The molecule has 6 rings (SSSR count). The summed E-state index contributed by atoms with van der Waals surface area (Å²) in [6.45, 7) is 9.93. The third-order valence-corrected chi connectivity index (χ3v) is 15.1. The Balaban J connectivity index is 1.35. The van der Waals surface area contributed by atoms with Crippen LogP contribution >= 0.6 is 0 Å². The molecule has 11 nitrogen and oxygen atoms in total. The van der Waals surface area contributed by atoms with E-state index in [-0.39, 0.29) is 41.8 Å². The van der Waals surface area contributed by atoms with Crippen LogP contribution in [0.3, 0.4) is 0 Å². The second-order valence-electron chi connectivity index (χ2n) is 17.1. The first-order valence-electron chi connectivity index (χ1n) is 17.1. The Kier molecular flexibility index (Phi) is 8.16. The Labute approximate surface area is 271 Å². The zero-order chi connectivity index (χ0) is 33.8. The molecular formula is C35H54O11. The third-order valence-electron chi connectivity index (χ3n) is 15.1. The van der Waals surface area contributed by atoms with Crippen molar-refractivity contribution in [1.29, 1.82) is 0 Å². The zero-order valence-corrected chi connectivity index (χ0v) is 27.8. The lowest BCUT2D eigenvalue weighted by molar-refractivity contribution is -0.328. The molecule has 15 atom stereocenters. The Morgan fingerprint density at radius 1 is 0.870 bits per heavy atom. The molecule has 1 saturated heterocycles. The topological polar surface area (TPSA) is 194 Å². The minimum atomic E-state index is -1.52. The van der Waals surface area contributed by atoms with Crippen LogP contribution in [0.25, 0.3) is 0 Å². The predicted octanol–water partition coefficient (Wildman–Crippen LogP) is 2.70. The van der Waals surface area contributed by atoms with Crippen LogP contribution in [0.4, 0.5) is 0 Å². The molecule has 0 radical (unpaired) electrons. The number of aliphatic hydroxyl groups is 5. The highest BCUT2D eigenvalue weighted by Crippen LogP contribution is 2.76. The van der Waals surface area contributed by atoms with Gasteiger partial charge in [-0.25, -0.2) is 0 Å². The Bertz CT molecular complexity index is 1290. The molecule has 1 aliphatic heterocycles. The van der Waals surface area contributed by atoms with E-state index in [1.807, 2.05) is 6.92 Å². The SMILES string of the molecule is C[C@@]1(C(=O)O)CC[C@]2(C(=O)O)CC[C@]3(C)C(=CC[C@@H]4[C@@]5(C)C[C@H](O)[C@H](O[C@@H]6OC[C@@H](O)[C@H](O)[C@H]6O)[C@@](C)(CO)[C@@H]5CC[C@]43C)[C@@H]2C1. The smallest absolute Gasteiger partial charge is 0.310 e. The average Bonchev–Trinajstić information content (AvgIpc) is 2.99. The Morgan fingerprint density at radius 3 is 2.17 bits per heavy atom. The van der Waals surface area contributed by atoms with Gasteiger partial charge in [-0.2, -0.15) is 0 Å². The fourth-order valence-electron chi connectivity index (χ4n) is 12.1. The molecule has 5 aliphatic carbocycles. The highest BCUT2D eigenvalue weighted by molar-refractivity contribution is 5.79. The summed E-state index contributed by atoms with van der Waals surface area (Å²) in [7, 11) is 0. The Morgan fingerprint density at radius 2 is 1.54 bits per heavy atom. The second-order valence-corrected chi connectivity index (χ2v) is 17.1. The van der Waals surface area contributed by atoms with Crippen molar-refractivity contribution in [2.75, 3.05) is 13.2 Å². The lowest BCUT2D eigenvalue weighted by atomic mass is 9.33. The van der Waals surface area contributed by atoms with Gasteiger partial charge in [0.15, 0.2) is 6.29 Å². The monoisotopic (exact) mass is 650 g/mol. The number of hydrogen-bond donors (Lipinski definition) is 7. The fourth-order valence-corrected chi connectivity index (χ4v) is 12.1. The maximum absolute atomic E-state index is 13.0. The molecule has 5 fully saturated rings. The van der Waals surface area contributed by atoms with Gasteiger partial charge in [0.25, 0.3) is 0 Å². The van der Waals surface area contributed by atoms with Crippen LogP contribution in [-0.2, 0) is 19.1 Å². The van der Waals surface area contributed by atoms with Crippen LogP contribution in [0, 0.1) is 50.2 Å². The number of rotatable bonds is 5. The minimum Gasteiger partial charge on any atom is -0.481 e. The summed E-state index contributed by atoms with van der Waals surface area (Å²) in [5.41, 5.74) is -2.84. The number of carboxylic acids is 2. The first-order valence-corrected chi connectivity index (χ1v) is 17.1. The van der Waals surface area contributed by atoms with Gasteiger partial charge in [0, 0.05) is 5.41 Å². The Hall–Kier alpha value is -1.60. The van der Waals surface area contributed by atoms with Gasteiger partial charge >= 0.3 is 11.9 Å². The van der Waals surface area contributed by atoms with E-state index in [9.17, 15) is 45.3 Å². The third kappa shape index (κ3) is 4.41. The molecule has 4 saturated carbocycles. The van der Waals surface area contributed by atoms with Gasteiger partial charge < -0.3 is 45.2 Å². The molecule has 11 heteroatoms. The first kappa shape index (κ1) is 34.3. The fraction of sp³-hybridized carbons (Fsp3) is 0.886. The van der Waals surface area contributed by atoms with E-state index in [1.54, 1.807) is 6.92 Å². The lowest BCUT2D eigenvalue weighted by Crippen LogP contribution is -2.69. The summed E-state index contributed by atoms with van der Waals surface area (Å²) >= 11 is 0. The summed E-state index contributed by atoms with van der Waals surface area (Å²) < 4.78 is 11.7. The largest absolute Gasteiger partial charge is 0.481 e. The molecule has 46 heavy (non-hydrogen) atoms. The molecule has 7 N–H and O–H groups in total. The summed E-state index contributed by atoms with van der Waals surface area (Å²) in [5.74, 6) is -2.05. The van der Waals surface area contributed by atoms with E-state index >= 15 is 0 Å². The van der Waals surface area contributed by atoms with Gasteiger partial charge in [-0.1, -0.05) is 39.3 Å². The molecule has 0 spiro atoms. The minimum absolute atomic E-state index is 0.0713. The van der Waals surface area contributed by atoms with Crippen molar-refractivity contribution in [2.45, 2.75) is 129 Å². The van der Waals surface area contributed by atoms with Gasteiger partial charge in [0.05, 0.1) is 36.3 Å². The van der Waals surface area contributed by atoms with Crippen molar-refractivity contribution in [3.05, 3.63) is 11.6 Å². The van der Waals surface area contributed by atoms with Gasteiger partial charge in [0.2, 0.25) is 0 Å². The van der Waals surface area contributed by atoms with Crippen LogP contribution in [0.15, 0.2) is 11.6 Å². The average molecular weight is 651 g/mol. The van der Waals surface area contributed by atoms with Crippen molar-refractivity contribution in [1.82, 2.24) is 0 Å². The number of fused-ring (bicyclic) bond motifs is 7. The highest BCUT2D eigenvalue weighted by Gasteiger charge is 2.71. The maximum Gasteiger partial charge on any atom is 0.310 e. The number of carbonyl (C=O) groups is 2. The molecule has 0 amide bonds. The van der Waals surface area contributed by atoms with E-state index in [0.29, 0.717) is 44.9 Å². The predicted molar refractivity (Wildman–Crippen MR) is 164 cm³/mol. The van der Waals surface area contributed by atoms with Crippen molar-refractivity contribution in [3.63, 3.8) is 0 Å². The summed E-state index contributed by atoms with van der Waals surface area (Å²) in [6.07, 6.45) is -0.432. The molecule has 0 aromatic heterocycles. The lowest BCUT2D eigenvalue weighted by Gasteiger charge is -2.71. The molecule has 6 aliphatic rings. The highest BCUT2D eigenvalue weighted by atomic mass is 16.7. The normalized spacial score (nSPS) is 55.2. The summed E-state index contributed by atoms with van der Waals surface area (Å²) in [4.78, 5) is 25.4. The van der Waals surface area contributed by atoms with Gasteiger partial charge in [-0.15, -0.1) is 0 Å². The molecule has 0 unspecified atom stereocenters. The number of ether oxygens (including phenoxy) is 2. The van der Waals surface area contributed by atoms with Crippen LogP contribution in [-0.4, -0.2) is 97.7 Å². The zero-order valence-electron chi connectivity index (χ0n) is 27.8. The van der Waals surface area contributed by atoms with Crippen molar-refractivity contribution >= 4 is 11.9 Å². The molecule has 0 bridgehead atoms. The van der Waals surface area contributed by atoms with Crippen LogP contribution in [0.5, 0.6) is 0 Å². The number of aliphatic hydroxyl groups excluding tert-OH is 5. The van der Waals surface area contributed by atoms with E-state index in [2.05, 4.69) is 26.8 Å². The van der Waals surface area contributed by atoms with Crippen molar-refractivity contribution < 1.29 is 54.8 Å². The molecular weight excluding hydrogens is 596 g/mol. The van der Waals surface area contributed by atoms with Crippen molar-refractivity contribution in [2.24, 2.45) is 50.2 Å². The molecule has 0 aromatic carbocycles. The van der Waals surface area contributed by atoms with Crippen molar-refractivity contribution in [3.8, 4) is 0 Å². The summed E-state index contributed by atoms with van der Waals surface area (Å²) in [6, 6.07) is 0. The standard InChI is InChI=1S/C35H54O11/c1-30(28(41)42)10-12-35(29(43)44)13-11-33(4)18(19(35)14-30)6-7-23-31(2)15-20(37)26(46-27-25(40)24(39)21(38)16-45-27)32(3,17-36)22(31)8-9-34(23,33)5/h6,19-27,36-40H,7-17H2,1-5H3,(H,41,42)(H,43,44)/t19-,20-,21+,22+,23+,24-,25+,26-,27-,30+,31-,32-,33+,34+,35-/m0/s1. The van der Waals surface area contributed by atoms with Crippen LogP contribution in [0.1, 0.15) is 92.4 Å². The van der Waals surface area contributed by atoms with E-state index in [1.165, 1.54) is 0 Å². The van der Waals surface area contributed by atoms with E-state index in [4.69, 9.17) is 9.47 Å². The van der Waals surface area contributed by atoms with Gasteiger partial charge in [-0.3, -0.25) is 9.59 Å². The van der Waals surface area contributed by atoms with Crippen LogP contribution < -0.4 is 0 Å². The summed E-state index contributed by atoms with van der Waals surface area (Å²) in [5, 5.41) is 74.3. The first-order chi connectivity index (χ1) is 21.3. The van der Waals surface area contributed by atoms with E-state index in [0.717, 1.165) is 18.4 Å². The number of hydrogen-bond acceptors (Lipinski definition) is 9. The number of carboxylic acid groups (broad SMARTS) is 2. The van der Waals surface area contributed by atoms with Gasteiger partial charge in [0.1, 0.15) is 18.3 Å².